The fourth-order valence-electron chi connectivity index (χ4n) is 3.11. The molecule has 0 saturated heterocycles. The molecular formula is C19H15ClN2O. The highest BCUT2D eigenvalue weighted by molar-refractivity contribution is 6.31. The van der Waals surface area contributed by atoms with E-state index in [1.165, 1.54) is 12.8 Å². The van der Waals surface area contributed by atoms with Gasteiger partial charge in [-0.15, -0.1) is 4.99 Å². The van der Waals surface area contributed by atoms with Crippen LogP contribution in [0.2, 0.25) is 5.02 Å². The second-order valence-corrected chi connectivity index (χ2v) is 6.42. The normalized spacial score (nSPS) is 14.0. The van der Waals surface area contributed by atoms with Gasteiger partial charge in [0.05, 0.1) is 5.52 Å². The van der Waals surface area contributed by atoms with Gasteiger partial charge in [0.1, 0.15) is 0 Å². The first kappa shape index (κ1) is 14.3. The van der Waals surface area contributed by atoms with Crippen LogP contribution in [0, 0.1) is 5.92 Å². The van der Waals surface area contributed by atoms with Crippen LogP contribution in [0.25, 0.3) is 22.0 Å². The maximum Gasteiger partial charge on any atom is 0.242 e. The highest BCUT2D eigenvalue weighted by atomic mass is 35.5. The van der Waals surface area contributed by atoms with Gasteiger partial charge in [0, 0.05) is 22.5 Å². The van der Waals surface area contributed by atoms with Crippen molar-refractivity contribution in [1.82, 2.24) is 4.57 Å². The Bertz CT molecular complexity index is 919. The van der Waals surface area contributed by atoms with E-state index in [1.54, 1.807) is 6.08 Å². The minimum Gasteiger partial charge on any atom is -0.324 e. The molecule has 1 aliphatic carbocycles. The van der Waals surface area contributed by atoms with Crippen molar-refractivity contribution in [2.45, 2.75) is 19.4 Å². The smallest absolute Gasteiger partial charge is 0.242 e. The monoisotopic (exact) mass is 322 g/mol. The van der Waals surface area contributed by atoms with Crippen LogP contribution < -0.4 is 0 Å². The van der Waals surface area contributed by atoms with Crippen LogP contribution in [0.5, 0.6) is 0 Å². The van der Waals surface area contributed by atoms with E-state index in [-0.39, 0.29) is 0 Å². The van der Waals surface area contributed by atoms with E-state index in [9.17, 15) is 4.79 Å². The van der Waals surface area contributed by atoms with Crippen molar-refractivity contribution in [3.63, 3.8) is 0 Å². The average molecular weight is 323 g/mol. The number of fused-ring (bicyclic) bond motifs is 1. The quantitative estimate of drug-likeness (QED) is 0.471. The number of hydrogen-bond acceptors (Lipinski definition) is 2. The zero-order valence-electron chi connectivity index (χ0n) is 12.5. The molecular weight excluding hydrogens is 308 g/mol. The molecule has 0 bridgehead atoms. The van der Waals surface area contributed by atoms with Crippen LogP contribution >= 0.6 is 11.6 Å². The molecule has 0 unspecified atom stereocenters. The SMILES string of the molecule is O=C=Nc1c(-c2ccccc2)c2cc(Cl)ccc2n1CC1CC1. The summed E-state index contributed by atoms with van der Waals surface area (Å²) >= 11 is 6.22. The van der Waals surface area contributed by atoms with Crippen molar-refractivity contribution in [2.24, 2.45) is 10.9 Å². The minimum absolute atomic E-state index is 0.672. The largest absolute Gasteiger partial charge is 0.324 e. The lowest BCUT2D eigenvalue weighted by molar-refractivity contribution is 0.564. The standard InChI is InChI=1S/C19H15ClN2O/c20-15-8-9-17-16(10-15)18(14-4-2-1-3-5-14)19(21-12-23)22(17)11-13-6-7-13/h1-5,8-10,13H,6-7,11H2. The van der Waals surface area contributed by atoms with Gasteiger partial charge in [0.2, 0.25) is 6.08 Å². The Morgan fingerprint density at radius 3 is 2.65 bits per heavy atom. The number of nitrogens with zero attached hydrogens (tertiary/aromatic N) is 2. The predicted octanol–water partition coefficient (Wildman–Crippen LogP) is 5.34. The number of hydrogen-bond donors (Lipinski definition) is 0. The van der Waals surface area contributed by atoms with Gasteiger partial charge in [-0.1, -0.05) is 41.9 Å². The Morgan fingerprint density at radius 1 is 1.17 bits per heavy atom. The third-order valence-corrected chi connectivity index (χ3v) is 4.58. The molecule has 0 radical (unpaired) electrons. The molecule has 1 fully saturated rings. The van der Waals surface area contributed by atoms with E-state index in [4.69, 9.17) is 11.6 Å². The van der Waals surface area contributed by atoms with E-state index < -0.39 is 0 Å². The zero-order valence-corrected chi connectivity index (χ0v) is 13.3. The highest BCUT2D eigenvalue weighted by Gasteiger charge is 2.26. The molecule has 0 atom stereocenters. The minimum atomic E-state index is 0.672. The molecule has 23 heavy (non-hydrogen) atoms. The van der Waals surface area contributed by atoms with Gasteiger partial charge in [0.25, 0.3) is 0 Å². The van der Waals surface area contributed by atoms with Crippen molar-refractivity contribution in [2.75, 3.05) is 0 Å². The molecule has 114 valence electrons. The van der Waals surface area contributed by atoms with Gasteiger partial charge < -0.3 is 4.57 Å². The lowest BCUT2D eigenvalue weighted by atomic mass is 10.0. The lowest BCUT2D eigenvalue weighted by Crippen LogP contribution is -1.98. The molecule has 1 aliphatic rings. The second kappa shape index (κ2) is 5.69. The molecule has 0 N–H and O–H groups in total. The molecule has 0 aliphatic heterocycles. The van der Waals surface area contributed by atoms with E-state index in [0.29, 0.717) is 16.8 Å². The predicted molar refractivity (Wildman–Crippen MR) is 92.9 cm³/mol. The lowest BCUT2D eigenvalue weighted by Gasteiger charge is -2.06. The topological polar surface area (TPSA) is 34.4 Å². The van der Waals surface area contributed by atoms with Gasteiger partial charge in [-0.05, 0) is 42.5 Å². The van der Waals surface area contributed by atoms with E-state index >= 15 is 0 Å². The molecule has 1 saturated carbocycles. The average Bonchev–Trinajstić information content (AvgIpc) is 3.33. The van der Waals surface area contributed by atoms with Crippen molar-refractivity contribution in [3.8, 4) is 11.1 Å². The van der Waals surface area contributed by atoms with Crippen LogP contribution in [-0.2, 0) is 11.3 Å². The number of halogens is 1. The summed E-state index contributed by atoms with van der Waals surface area (Å²) in [6.45, 7) is 0.880. The number of rotatable bonds is 4. The number of aliphatic imine (C=N–C) groups is 1. The molecule has 3 nitrogen and oxygen atoms in total. The zero-order chi connectivity index (χ0) is 15.8. The Kier molecular flexibility index (Phi) is 3.53. The van der Waals surface area contributed by atoms with Gasteiger partial charge in [-0.3, -0.25) is 0 Å². The maximum absolute atomic E-state index is 11.0. The van der Waals surface area contributed by atoms with E-state index in [1.807, 2.05) is 48.5 Å². The Morgan fingerprint density at radius 2 is 1.96 bits per heavy atom. The first-order valence-corrected chi connectivity index (χ1v) is 8.11. The Balaban J connectivity index is 2.07. The molecule has 0 spiro atoms. The molecule has 2 aromatic carbocycles. The number of carbonyl (C=O) groups excluding carboxylic acids is 1. The summed E-state index contributed by atoms with van der Waals surface area (Å²) in [6, 6.07) is 15.8. The number of isocyanates is 1. The first-order valence-electron chi connectivity index (χ1n) is 7.73. The Hall–Kier alpha value is -2.35. The molecule has 1 heterocycles. The maximum atomic E-state index is 11.0. The summed E-state index contributed by atoms with van der Waals surface area (Å²) in [5, 5.41) is 1.71. The van der Waals surface area contributed by atoms with Crippen LogP contribution in [0.4, 0.5) is 5.82 Å². The van der Waals surface area contributed by atoms with Crippen LogP contribution in [0.3, 0.4) is 0 Å². The number of benzene rings is 2. The van der Waals surface area contributed by atoms with Crippen LogP contribution in [0.15, 0.2) is 53.5 Å². The van der Waals surface area contributed by atoms with E-state index in [0.717, 1.165) is 28.6 Å². The fourth-order valence-corrected chi connectivity index (χ4v) is 3.28. The summed E-state index contributed by atoms with van der Waals surface area (Å²) in [4.78, 5) is 15.1. The van der Waals surface area contributed by atoms with Crippen LogP contribution in [-0.4, -0.2) is 10.6 Å². The molecule has 4 rings (SSSR count). The second-order valence-electron chi connectivity index (χ2n) is 5.98. The molecule has 4 heteroatoms. The third-order valence-electron chi connectivity index (χ3n) is 4.35. The molecule has 0 amide bonds. The summed E-state index contributed by atoms with van der Waals surface area (Å²) in [5.74, 6) is 1.35. The molecule has 3 aromatic rings. The van der Waals surface area contributed by atoms with Gasteiger partial charge in [0.15, 0.2) is 5.82 Å². The number of aromatic nitrogens is 1. The summed E-state index contributed by atoms with van der Waals surface area (Å²) in [7, 11) is 0. The van der Waals surface area contributed by atoms with Gasteiger partial charge in [-0.2, -0.15) is 0 Å². The fraction of sp³-hybridized carbons (Fsp3) is 0.211. The van der Waals surface area contributed by atoms with E-state index in [2.05, 4.69) is 9.56 Å². The third kappa shape index (κ3) is 2.59. The van der Waals surface area contributed by atoms with Gasteiger partial charge >= 0.3 is 0 Å². The summed E-state index contributed by atoms with van der Waals surface area (Å²) < 4.78 is 2.14. The summed E-state index contributed by atoms with van der Waals surface area (Å²) in [5.41, 5.74) is 3.05. The van der Waals surface area contributed by atoms with Crippen molar-refractivity contribution < 1.29 is 4.79 Å². The van der Waals surface area contributed by atoms with Crippen molar-refractivity contribution >= 4 is 34.4 Å². The summed E-state index contributed by atoms with van der Waals surface area (Å²) in [6.07, 6.45) is 4.19. The van der Waals surface area contributed by atoms with Gasteiger partial charge in [-0.25, -0.2) is 4.79 Å². The van der Waals surface area contributed by atoms with Crippen molar-refractivity contribution in [1.29, 1.82) is 0 Å². The molecule has 1 aromatic heterocycles. The Labute approximate surface area is 139 Å². The highest BCUT2D eigenvalue weighted by Crippen LogP contribution is 2.43. The van der Waals surface area contributed by atoms with Crippen molar-refractivity contribution in [3.05, 3.63) is 53.6 Å². The first-order chi connectivity index (χ1) is 11.3. The van der Waals surface area contributed by atoms with Crippen LogP contribution in [0.1, 0.15) is 12.8 Å².